The Labute approximate surface area is 155 Å². The summed E-state index contributed by atoms with van der Waals surface area (Å²) in [5.41, 5.74) is 0.157. The van der Waals surface area contributed by atoms with Gasteiger partial charge < -0.3 is 4.74 Å². The van der Waals surface area contributed by atoms with Crippen LogP contribution in [0.25, 0.3) is 0 Å². The molecule has 2 rings (SSSR count). The average molecular weight is 378 g/mol. The van der Waals surface area contributed by atoms with E-state index >= 15 is 0 Å². The Morgan fingerprint density at radius 2 is 1.85 bits per heavy atom. The highest BCUT2D eigenvalue weighted by molar-refractivity contribution is 6.10. The van der Waals surface area contributed by atoms with Crippen LogP contribution in [0.2, 0.25) is 0 Å². The molecular formula is C16H22N6O5. The number of aryl methyl sites for hydroxylation is 4. The number of amides is 1. The Morgan fingerprint density at radius 3 is 2.37 bits per heavy atom. The van der Waals surface area contributed by atoms with Crippen molar-refractivity contribution in [1.29, 1.82) is 0 Å². The average Bonchev–Trinajstić information content (AvgIpc) is 3.09. The molecule has 0 N–H and O–H groups in total. The van der Waals surface area contributed by atoms with Crippen LogP contribution < -0.4 is 4.90 Å². The number of esters is 1. The highest BCUT2D eigenvalue weighted by Gasteiger charge is 2.35. The zero-order chi connectivity index (χ0) is 20.5. The molecule has 0 aliphatic rings. The number of rotatable bonds is 6. The van der Waals surface area contributed by atoms with Gasteiger partial charge in [-0.3, -0.25) is 29.2 Å². The highest BCUT2D eigenvalue weighted by atomic mass is 16.6. The largest absolute Gasteiger partial charge is 0.462 e. The van der Waals surface area contributed by atoms with E-state index in [9.17, 15) is 19.7 Å². The van der Waals surface area contributed by atoms with Gasteiger partial charge >= 0.3 is 11.7 Å². The summed E-state index contributed by atoms with van der Waals surface area (Å²) in [6.45, 7) is 6.93. The molecule has 0 spiro atoms. The molecule has 0 aromatic carbocycles. The third-order valence-corrected chi connectivity index (χ3v) is 4.07. The van der Waals surface area contributed by atoms with E-state index in [0.29, 0.717) is 5.69 Å². The summed E-state index contributed by atoms with van der Waals surface area (Å²) in [6.07, 6.45) is 0. The number of hydrogen-bond acceptors (Lipinski definition) is 7. The van der Waals surface area contributed by atoms with Crippen LogP contribution in [0.15, 0.2) is 0 Å². The van der Waals surface area contributed by atoms with Crippen molar-refractivity contribution in [2.75, 3.05) is 18.6 Å². The third-order valence-electron chi connectivity index (χ3n) is 4.07. The van der Waals surface area contributed by atoms with Crippen LogP contribution in [-0.2, 0) is 18.3 Å². The maximum absolute atomic E-state index is 13.1. The fourth-order valence-electron chi connectivity index (χ4n) is 2.96. The second-order valence-corrected chi connectivity index (χ2v) is 5.85. The summed E-state index contributed by atoms with van der Waals surface area (Å²) in [6, 6.07) is 0. The van der Waals surface area contributed by atoms with Crippen molar-refractivity contribution in [3.63, 3.8) is 0 Å². The van der Waals surface area contributed by atoms with Crippen LogP contribution in [0.1, 0.15) is 46.1 Å². The van der Waals surface area contributed by atoms with Gasteiger partial charge in [-0.1, -0.05) is 0 Å². The quantitative estimate of drug-likeness (QED) is 0.425. The Hall–Kier alpha value is -3.24. The molecule has 2 aromatic heterocycles. The van der Waals surface area contributed by atoms with Gasteiger partial charge in [0.1, 0.15) is 17.1 Å². The summed E-state index contributed by atoms with van der Waals surface area (Å²) in [5.74, 6) is -1.10. The van der Waals surface area contributed by atoms with Crippen LogP contribution in [0, 0.1) is 24.0 Å². The van der Waals surface area contributed by atoms with Gasteiger partial charge in [0, 0.05) is 20.6 Å². The van der Waals surface area contributed by atoms with E-state index < -0.39 is 16.8 Å². The normalized spacial score (nSPS) is 10.7. The molecule has 0 bridgehead atoms. The second kappa shape index (κ2) is 7.56. The van der Waals surface area contributed by atoms with Gasteiger partial charge in [0.25, 0.3) is 5.91 Å². The van der Waals surface area contributed by atoms with Crippen molar-refractivity contribution < 1.29 is 19.2 Å². The van der Waals surface area contributed by atoms with Crippen LogP contribution in [-0.4, -0.2) is 50.0 Å². The van der Waals surface area contributed by atoms with E-state index in [0.717, 1.165) is 4.90 Å². The van der Waals surface area contributed by atoms with Crippen molar-refractivity contribution in [2.24, 2.45) is 7.05 Å². The molecule has 27 heavy (non-hydrogen) atoms. The van der Waals surface area contributed by atoms with Crippen molar-refractivity contribution in [1.82, 2.24) is 19.6 Å². The number of nitrogens with zero attached hydrogens (tertiary/aromatic N) is 6. The molecule has 2 aromatic rings. The van der Waals surface area contributed by atoms with Gasteiger partial charge in [0.2, 0.25) is 5.69 Å². The van der Waals surface area contributed by atoms with Crippen LogP contribution in [0.5, 0.6) is 0 Å². The van der Waals surface area contributed by atoms with Crippen molar-refractivity contribution in [2.45, 2.75) is 34.2 Å². The zero-order valence-electron chi connectivity index (χ0n) is 16.1. The van der Waals surface area contributed by atoms with Gasteiger partial charge in [-0.05, 0) is 27.7 Å². The summed E-state index contributed by atoms with van der Waals surface area (Å²) >= 11 is 0. The number of hydrogen-bond donors (Lipinski definition) is 0. The first-order chi connectivity index (χ1) is 12.6. The number of ether oxygens (including phenoxy) is 1. The molecule has 1 amide bonds. The molecule has 0 radical (unpaired) electrons. The fraction of sp³-hybridized carbons (Fsp3) is 0.500. The first kappa shape index (κ1) is 20.1. The second-order valence-electron chi connectivity index (χ2n) is 5.85. The maximum atomic E-state index is 13.1. The van der Waals surface area contributed by atoms with Crippen molar-refractivity contribution >= 4 is 23.4 Å². The smallest absolute Gasteiger partial charge is 0.343 e. The van der Waals surface area contributed by atoms with Gasteiger partial charge in [0.05, 0.1) is 17.2 Å². The van der Waals surface area contributed by atoms with Gasteiger partial charge in [-0.15, -0.1) is 0 Å². The van der Waals surface area contributed by atoms with E-state index in [4.69, 9.17) is 4.74 Å². The SMILES string of the molecule is CCOC(=O)c1c(C)nn(C)c1N(C)C(=O)c1c([N+](=O)[O-])c(C)nn1CC. The predicted molar refractivity (Wildman–Crippen MR) is 95.9 cm³/mol. The number of aromatic nitrogens is 4. The summed E-state index contributed by atoms with van der Waals surface area (Å²) in [7, 11) is 3.00. The topological polar surface area (TPSA) is 125 Å². The Kier molecular flexibility index (Phi) is 5.62. The first-order valence-electron chi connectivity index (χ1n) is 8.36. The minimum absolute atomic E-state index is 0.136. The number of anilines is 1. The Balaban J connectivity index is 2.61. The molecule has 11 nitrogen and oxygen atoms in total. The molecule has 0 saturated carbocycles. The lowest BCUT2D eigenvalue weighted by Crippen LogP contribution is -2.32. The number of carbonyl (C=O) groups excluding carboxylic acids is 2. The highest BCUT2D eigenvalue weighted by Crippen LogP contribution is 2.29. The molecule has 0 aliphatic heterocycles. The Bertz CT molecular complexity index is 913. The van der Waals surface area contributed by atoms with E-state index in [1.54, 1.807) is 27.8 Å². The minimum Gasteiger partial charge on any atom is -0.462 e. The van der Waals surface area contributed by atoms with Crippen LogP contribution in [0.4, 0.5) is 11.5 Å². The molecule has 0 saturated heterocycles. The van der Waals surface area contributed by atoms with Gasteiger partial charge in [-0.2, -0.15) is 10.2 Å². The molecule has 0 aliphatic carbocycles. The minimum atomic E-state index is -0.669. The van der Waals surface area contributed by atoms with Crippen molar-refractivity contribution in [3.8, 4) is 0 Å². The molecule has 0 fully saturated rings. The maximum Gasteiger partial charge on any atom is 0.343 e. The zero-order valence-corrected chi connectivity index (χ0v) is 16.1. The van der Waals surface area contributed by atoms with Crippen LogP contribution >= 0.6 is 0 Å². The monoisotopic (exact) mass is 378 g/mol. The Morgan fingerprint density at radius 1 is 1.22 bits per heavy atom. The van der Waals surface area contributed by atoms with E-state index in [1.165, 1.54) is 23.3 Å². The van der Waals surface area contributed by atoms with Gasteiger partial charge in [0.15, 0.2) is 0 Å². The summed E-state index contributed by atoms with van der Waals surface area (Å²) < 4.78 is 7.70. The van der Waals surface area contributed by atoms with Crippen LogP contribution in [0.3, 0.4) is 0 Å². The van der Waals surface area contributed by atoms with Crippen molar-refractivity contribution in [3.05, 3.63) is 32.8 Å². The van der Waals surface area contributed by atoms with Gasteiger partial charge in [-0.25, -0.2) is 4.79 Å². The lowest BCUT2D eigenvalue weighted by molar-refractivity contribution is -0.385. The number of carbonyl (C=O) groups is 2. The van der Waals surface area contributed by atoms with E-state index in [-0.39, 0.29) is 41.6 Å². The van der Waals surface area contributed by atoms with E-state index in [1.807, 2.05) is 0 Å². The molecule has 146 valence electrons. The fourth-order valence-corrected chi connectivity index (χ4v) is 2.96. The predicted octanol–water partition coefficient (Wildman–Crippen LogP) is 1.61. The standard InChI is InChI=1S/C16H22N6O5/c1-7-21-13(12(22(25)26)10(4)18-21)15(23)19(5)14-11(16(24)27-8-2)9(3)17-20(14)6/h7-8H2,1-6H3. The molecule has 11 heteroatoms. The van der Waals surface area contributed by atoms with E-state index in [2.05, 4.69) is 10.2 Å². The molecule has 2 heterocycles. The summed E-state index contributed by atoms with van der Waals surface area (Å²) in [5, 5.41) is 19.7. The lowest BCUT2D eigenvalue weighted by atomic mass is 10.2. The number of nitro groups is 1. The molecule has 0 unspecified atom stereocenters. The summed E-state index contributed by atoms with van der Waals surface area (Å²) in [4.78, 5) is 37.4. The first-order valence-corrected chi connectivity index (χ1v) is 8.36. The molecular weight excluding hydrogens is 356 g/mol. The molecule has 0 atom stereocenters. The third kappa shape index (κ3) is 3.39. The lowest BCUT2D eigenvalue weighted by Gasteiger charge is -2.19.